The van der Waals surface area contributed by atoms with E-state index in [0.717, 1.165) is 14.9 Å². The molecule has 0 bridgehead atoms. The van der Waals surface area contributed by atoms with Crippen LogP contribution >= 0.6 is 22.7 Å². The number of amides is 1. The van der Waals surface area contributed by atoms with Gasteiger partial charge in [-0.2, -0.15) is 0 Å². The quantitative estimate of drug-likeness (QED) is 0.583. The highest BCUT2D eigenvalue weighted by Gasteiger charge is 2.17. The first-order valence-corrected chi connectivity index (χ1v) is 9.01. The van der Waals surface area contributed by atoms with E-state index >= 15 is 0 Å². The largest absolute Gasteiger partial charge is 0.495 e. The molecule has 0 spiro atoms. The fourth-order valence-corrected chi connectivity index (χ4v) is 4.29. The Bertz CT molecular complexity index is 1010. The summed E-state index contributed by atoms with van der Waals surface area (Å²) in [7, 11) is 3.18. The highest BCUT2D eigenvalue weighted by Crippen LogP contribution is 2.39. The summed E-state index contributed by atoms with van der Waals surface area (Å²) in [4.78, 5) is 21.3. The molecular weight excluding hydrogens is 358 g/mol. The summed E-state index contributed by atoms with van der Waals surface area (Å²) in [6, 6.07) is 11.3. The zero-order valence-corrected chi connectivity index (χ0v) is 15.0. The molecule has 8 heteroatoms. The predicted molar refractivity (Wildman–Crippen MR) is 100 cm³/mol. The number of thiazole rings is 2. The molecule has 0 fully saturated rings. The van der Waals surface area contributed by atoms with Gasteiger partial charge in [-0.3, -0.25) is 10.1 Å². The fraction of sp³-hybridized carbons (Fsp3) is 0.118. The number of nitrogens with zero attached hydrogens (tertiary/aromatic N) is 2. The molecule has 0 unspecified atom stereocenters. The van der Waals surface area contributed by atoms with Crippen LogP contribution in [-0.2, 0) is 0 Å². The van der Waals surface area contributed by atoms with Crippen molar-refractivity contribution in [3.05, 3.63) is 41.4 Å². The van der Waals surface area contributed by atoms with Crippen molar-refractivity contribution in [1.82, 2.24) is 9.97 Å². The van der Waals surface area contributed by atoms with Crippen molar-refractivity contribution in [2.24, 2.45) is 0 Å². The molecule has 4 rings (SSSR count). The number of carbonyl (C=O) groups is 1. The molecule has 2 heterocycles. The van der Waals surface area contributed by atoms with Crippen LogP contribution < -0.4 is 14.8 Å². The number of benzene rings is 2. The predicted octanol–water partition coefficient (Wildman–Crippen LogP) is 4.18. The van der Waals surface area contributed by atoms with Crippen LogP contribution in [0.5, 0.6) is 11.5 Å². The first-order chi connectivity index (χ1) is 12.2. The van der Waals surface area contributed by atoms with Gasteiger partial charge in [-0.15, -0.1) is 11.3 Å². The SMILES string of the molecule is COc1ccc(OC)c2sc(NC(=O)c3nc4ccccc4s3)nc12. The van der Waals surface area contributed by atoms with Crippen molar-refractivity contribution in [3.63, 3.8) is 0 Å². The summed E-state index contributed by atoms with van der Waals surface area (Å²) in [6.45, 7) is 0. The number of anilines is 1. The highest BCUT2D eigenvalue weighted by molar-refractivity contribution is 7.23. The smallest absolute Gasteiger partial charge is 0.286 e. The van der Waals surface area contributed by atoms with Gasteiger partial charge in [0.05, 0.1) is 24.4 Å². The van der Waals surface area contributed by atoms with Gasteiger partial charge in [0, 0.05) is 0 Å². The van der Waals surface area contributed by atoms with Crippen molar-refractivity contribution >= 4 is 54.1 Å². The number of para-hydroxylation sites is 1. The topological polar surface area (TPSA) is 73.3 Å². The zero-order chi connectivity index (χ0) is 17.4. The molecule has 25 heavy (non-hydrogen) atoms. The zero-order valence-electron chi connectivity index (χ0n) is 13.4. The van der Waals surface area contributed by atoms with Crippen molar-refractivity contribution in [1.29, 1.82) is 0 Å². The van der Waals surface area contributed by atoms with Crippen LogP contribution in [0.2, 0.25) is 0 Å². The summed E-state index contributed by atoms with van der Waals surface area (Å²) in [5, 5.41) is 3.69. The molecule has 0 aliphatic carbocycles. The van der Waals surface area contributed by atoms with Crippen LogP contribution in [0.4, 0.5) is 5.13 Å². The van der Waals surface area contributed by atoms with Gasteiger partial charge in [0.2, 0.25) is 0 Å². The third-order valence-corrected chi connectivity index (χ3v) is 5.64. The lowest BCUT2D eigenvalue weighted by atomic mass is 10.3. The van der Waals surface area contributed by atoms with Crippen LogP contribution in [-0.4, -0.2) is 30.1 Å². The molecule has 0 aliphatic heterocycles. The van der Waals surface area contributed by atoms with E-state index in [4.69, 9.17) is 9.47 Å². The third kappa shape index (κ3) is 2.79. The molecule has 0 atom stereocenters. The summed E-state index contributed by atoms with van der Waals surface area (Å²) in [5.74, 6) is 1.04. The van der Waals surface area contributed by atoms with Crippen LogP contribution in [0.1, 0.15) is 9.80 Å². The van der Waals surface area contributed by atoms with Crippen molar-refractivity contribution in [2.75, 3.05) is 19.5 Å². The molecule has 2 aromatic heterocycles. The number of aromatic nitrogens is 2. The van der Waals surface area contributed by atoms with Crippen LogP contribution in [0.3, 0.4) is 0 Å². The number of nitrogens with one attached hydrogen (secondary N) is 1. The second kappa shape index (κ2) is 6.30. The van der Waals surface area contributed by atoms with E-state index in [2.05, 4.69) is 15.3 Å². The highest BCUT2D eigenvalue weighted by atomic mass is 32.1. The van der Waals surface area contributed by atoms with Crippen LogP contribution in [0, 0.1) is 0 Å². The number of hydrogen-bond acceptors (Lipinski definition) is 7. The van der Waals surface area contributed by atoms with E-state index in [1.54, 1.807) is 20.3 Å². The van der Waals surface area contributed by atoms with Crippen molar-refractivity contribution < 1.29 is 14.3 Å². The molecule has 2 aromatic carbocycles. The average molecular weight is 371 g/mol. The Labute approximate surface area is 151 Å². The van der Waals surface area contributed by atoms with Gasteiger partial charge in [0.15, 0.2) is 10.1 Å². The minimum Gasteiger partial charge on any atom is -0.495 e. The molecule has 0 radical (unpaired) electrons. The number of hydrogen-bond donors (Lipinski definition) is 1. The first-order valence-electron chi connectivity index (χ1n) is 7.38. The molecule has 126 valence electrons. The number of rotatable bonds is 4. The lowest BCUT2D eigenvalue weighted by molar-refractivity contribution is 0.102. The van der Waals surface area contributed by atoms with E-state index in [0.29, 0.717) is 27.2 Å². The van der Waals surface area contributed by atoms with Crippen LogP contribution in [0.15, 0.2) is 36.4 Å². The van der Waals surface area contributed by atoms with Gasteiger partial charge in [0.25, 0.3) is 5.91 Å². The maximum absolute atomic E-state index is 12.5. The number of methoxy groups -OCH3 is 2. The van der Waals surface area contributed by atoms with Crippen molar-refractivity contribution in [2.45, 2.75) is 0 Å². The number of fused-ring (bicyclic) bond motifs is 2. The number of ether oxygens (including phenoxy) is 2. The second-order valence-electron chi connectivity index (χ2n) is 5.11. The van der Waals surface area contributed by atoms with Gasteiger partial charge in [0.1, 0.15) is 21.7 Å². The third-order valence-electron chi connectivity index (χ3n) is 3.62. The molecule has 1 amide bonds. The van der Waals surface area contributed by atoms with E-state index < -0.39 is 0 Å². The minimum absolute atomic E-state index is 0.279. The molecular formula is C17H13N3O3S2. The van der Waals surface area contributed by atoms with Crippen LogP contribution in [0.25, 0.3) is 20.4 Å². The van der Waals surface area contributed by atoms with E-state index in [-0.39, 0.29) is 5.91 Å². The van der Waals surface area contributed by atoms with Gasteiger partial charge < -0.3 is 9.47 Å². The lowest BCUT2D eigenvalue weighted by Gasteiger charge is -2.03. The Morgan fingerprint density at radius 3 is 2.52 bits per heavy atom. The molecule has 0 aliphatic rings. The fourth-order valence-electron chi connectivity index (χ4n) is 2.46. The van der Waals surface area contributed by atoms with E-state index in [1.165, 1.54) is 22.7 Å². The molecule has 6 nitrogen and oxygen atoms in total. The summed E-state index contributed by atoms with van der Waals surface area (Å²) >= 11 is 2.69. The molecule has 0 saturated heterocycles. The van der Waals surface area contributed by atoms with Gasteiger partial charge in [-0.05, 0) is 24.3 Å². The summed E-state index contributed by atoms with van der Waals surface area (Å²) in [6.07, 6.45) is 0. The van der Waals surface area contributed by atoms with Gasteiger partial charge >= 0.3 is 0 Å². The Hall–Kier alpha value is -2.71. The van der Waals surface area contributed by atoms with Gasteiger partial charge in [-0.1, -0.05) is 23.5 Å². The van der Waals surface area contributed by atoms with E-state index in [9.17, 15) is 4.79 Å². The first kappa shape index (κ1) is 15.8. The van der Waals surface area contributed by atoms with E-state index in [1.807, 2.05) is 30.3 Å². The maximum atomic E-state index is 12.5. The minimum atomic E-state index is -0.279. The lowest BCUT2D eigenvalue weighted by Crippen LogP contribution is -2.11. The maximum Gasteiger partial charge on any atom is 0.286 e. The Morgan fingerprint density at radius 1 is 1.00 bits per heavy atom. The molecule has 4 aromatic rings. The monoisotopic (exact) mass is 371 g/mol. The standard InChI is InChI=1S/C17H13N3O3S2/c1-22-10-7-8-11(23-2)14-13(10)19-17(25-14)20-15(21)16-18-9-5-3-4-6-12(9)24-16/h3-8H,1-2H3,(H,19,20,21). The summed E-state index contributed by atoms with van der Waals surface area (Å²) < 4.78 is 12.5. The van der Waals surface area contributed by atoms with Crippen molar-refractivity contribution in [3.8, 4) is 11.5 Å². The molecule has 0 saturated carbocycles. The second-order valence-corrected chi connectivity index (χ2v) is 7.14. The normalized spacial score (nSPS) is 11.0. The Kier molecular flexibility index (Phi) is 3.98. The molecule has 1 N–H and O–H groups in total. The number of carbonyl (C=O) groups excluding carboxylic acids is 1. The summed E-state index contributed by atoms with van der Waals surface area (Å²) in [5.41, 5.74) is 1.47. The Balaban J connectivity index is 1.69. The van der Waals surface area contributed by atoms with Gasteiger partial charge in [-0.25, -0.2) is 9.97 Å². The average Bonchev–Trinajstić information content (AvgIpc) is 3.24. The Morgan fingerprint density at radius 2 is 1.76 bits per heavy atom.